The van der Waals surface area contributed by atoms with Crippen LogP contribution in [0.4, 0.5) is 0 Å². The molecule has 0 radical (unpaired) electrons. The summed E-state index contributed by atoms with van der Waals surface area (Å²) in [5.74, 6) is 0. The van der Waals surface area contributed by atoms with Crippen LogP contribution in [0.15, 0.2) is 17.0 Å². The molecule has 0 saturated carbocycles. The predicted octanol–water partition coefficient (Wildman–Crippen LogP) is 0.195. The average Bonchev–Trinajstić information content (AvgIpc) is 2.07. The van der Waals surface area contributed by atoms with Crippen LogP contribution in [0.2, 0.25) is 0 Å². The van der Waals surface area contributed by atoms with Gasteiger partial charge >= 0.3 is 0 Å². The third-order valence-electron chi connectivity index (χ3n) is 0.283. The van der Waals surface area contributed by atoms with E-state index in [0.717, 1.165) is 0 Å². The highest BCUT2D eigenvalue weighted by Crippen LogP contribution is 2.39. The lowest BCUT2D eigenvalue weighted by Gasteiger charge is -1.88. The monoisotopic (exact) mass is 200 g/mol. The van der Waals surface area contributed by atoms with E-state index in [0.29, 0.717) is 0 Å². The van der Waals surface area contributed by atoms with Crippen molar-refractivity contribution in [2.75, 3.05) is 0 Å². The molecule has 0 spiro atoms. The normalized spacial score (nSPS) is 9.90. The van der Waals surface area contributed by atoms with Gasteiger partial charge in [-0.1, -0.05) is 12.2 Å². The lowest BCUT2D eigenvalue weighted by atomic mass is 11.0. The molecule has 0 atom stereocenters. The van der Waals surface area contributed by atoms with Gasteiger partial charge in [0, 0.05) is 5.27 Å². The fourth-order valence-electron chi connectivity index (χ4n) is 0.136. The van der Waals surface area contributed by atoms with E-state index in [1.54, 1.807) is 0 Å². The zero-order chi connectivity index (χ0) is 8.04. The number of thiol groups is 1. The molecule has 10 heavy (non-hydrogen) atoms. The van der Waals surface area contributed by atoms with Gasteiger partial charge in [-0.15, -0.1) is 5.10 Å². The Kier molecular flexibility index (Phi) is 4.84. The van der Waals surface area contributed by atoms with E-state index in [2.05, 4.69) is 38.9 Å². The molecule has 0 aliphatic rings. The summed E-state index contributed by atoms with van der Waals surface area (Å²) in [6, 6.07) is 0. The Morgan fingerprint density at radius 3 is 2.20 bits per heavy atom. The van der Waals surface area contributed by atoms with Gasteiger partial charge in [0.05, 0.1) is 6.20 Å². The standard InChI is InChI=1S/C2H2N2O.H3O2PS2/c1-2-5-4-3-1;1-3(2,4)5/h1-2H;(H3,1,2,4,5). The van der Waals surface area contributed by atoms with E-state index in [9.17, 15) is 0 Å². The van der Waals surface area contributed by atoms with Crippen LogP contribution in [0.1, 0.15) is 0 Å². The first-order valence-corrected chi connectivity index (χ1v) is 5.85. The molecule has 1 rings (SSSR count). The van der Waals surface area contributed by atoms with Gasteiger partial charge in [-0.3, -0.25) is 0 Å². The maximum absolute atomic E-state index is 7.87. The highest BCUT2D eigenvalue weighted by Gasteiger charge is 1.90. The minimum atomic E-state index is -3.11. The molecule has 1 heterocycles. The Labute approximate surface area is 67.4 Å². The summed E-state index contributed by atoms with van der Waals surface area (Å²) in [6.07, 6.45) is 2.88. The van der Waals surface area contributed by atoms with Crippen molar-refractivity contribution < 1.29 is 14.3 Å². The quantitative estimate of drug-likeness (QED) is 0.410. The molecule has 0 saturated heterocycles. The van der Waals surface area contributed by atoms with Crippen LogP contribution in [0.5, 0.6) is 0 Å². The van der Waals surface area contributed by atoms with Crippen LogP contribution in [0.3, 0.4) is 0 Å². The average molecular weight is 200 g/mol. The van der Waals surface area contributed by atoms with Gasteiger partial charge in [-0.25, -0.2) is 0 Å². The SMILES string of the molecule is OP(O)(=S)S.c1conn1. The minimum Gasteiger partial charge on any atom is -0.346 e. The highest BCUT2D eigenvalue weighted by molar-refractivity contribution is 8.59. The fourth-order valence-corrected chi connectivity index (χ4v) is 0.136. The second-order valence-corrected chi connectivity index (χ2v) is 6.14. The number of nitrogens with zero attached hydrogens (tertiary/aromatic N) is 2. The van der Waals surface area contributed by atoms with Crippen molar-refractivity contribution in [1.82, 2.24) is 10.4 Å². The Bertz CT molecular complexity index is 171. The third-order valence-corrected chi connectivity index (χ3v) is 0.283. The number of aromatic nitrogens is 2. The Morgan fingerprint density at radius 1 is 1.60 bits per heavy atom. The third kappa shape index (κ3) is 15.7. The van der Waals surface area contributed by atoms with Crippen LogP contribution in [0, 0.1) is 0 Å². The van der Waals surface area contributed by atoms with E-state index < -0.39 is 5.69 Å². The molecule has 2 N–H and O–H groups in total. The fraction of sp³-hybridized carbons (Fsp3) is 0. The summed E-state index contributed by atoms with van der Waals surface area (Å²) in [4.78, 5) is 15.7. The van der Waals surface area contributed by atoms with Crippen LogP contribution in [-0.2, 0) is 11.8 Å². The van der Waals surface area contributed by atoms with Crippen LogP contribution in [0.25, 0.3) is 0 Å². The Hall–Kier alpha value is 0.0600. The molecule has 0 aromatic carbocycles. The van der Waals surface area contributed by atoms with Crippen molar-refractivity contribution in [1.29, 1.82) is 0 Å². The molecule has 0 aliphatic heterocycles. The molecule has 58 valence electrons. The van der Waals surface area contributed by atoms with Crippen molar-refractivity contribution >= 4 is 29.7 Å². The molecule has 0 aliphatic carbocycles. The molecule has 0 unspecified atom stereocenters. The van der Waals surface area contributed by atoms with Crippen molar-refractivity contribution in [3.05, 3.63) is 12.5 Å². The molecule has 5 nitrogen and oxygen atoms in total. The summed E-state index contributed by atoms with van der Waals surface area (Å²) >= 11 is 7.07. The lowest BCUT2D eigenvalue weighted by molar-refractivity contribution is 0.393. The minimum absolute atomic E-state index is 1.40. The van der Waals surface area contributed by atoms with Gasteiger partial charge in [-0.2, -0.15) is 0 Å². The van der Waals surface area contributed by atoms with Gasteiger partial charge in [0.25, 0.3) is 0 Å². The van der Waals surface area contributed by atoms with Gasteiger partial charge in [0.2, 0.25) is 5.69 Å². The topological polar surface area (TPSA) is 79.4 Å². The second-order valence-electron chi connectivity index (χ2n) is 1.10. The Morgan fingerprint density at radius 2 is 2.10 bits per heavy atom. The first-order chi connectivity index (χ1) is 4.50. The van der Waals surface area contributed by atoms with Crippen molar-refractivity contribution in [2.45, 2.75) is 0 Å². The van der Waals surface area contributed by atoms with Crippen LogP contribution in [-0.4, -0.2) is 20.2 Å². The lowest BCUT2D eigenvalue weighted by Crippen LogP contribution is -1.53. The maximum atomic E-state index is 7.87. The summed E-state index contributed by atoms with van der Waals surface area (Å²) < 4.78 is 4.22. The zero-order valence-electron chi connectivity index (χ0n) is 4.65. The van der Waals surface area contributed by atoms with Gasteiger partial charge in [0.15, 0.2) is 0 Å². The molecule has 0 fully saturated rings. The number of hydrogen-bond donors (Lipinski definition) is 3. The van der Waals surface area contributed by atoms with E-state index >= 15 is 0 Å². The summed E-state index contributed by atoms with van der Waals surface area (Å²) in [7, 11) is 0. The molecular weight excluding hydrogens is 195 g/mol. The molecule has 1 aromatic heterocycles. The van der Waals surface area contributed by atoms with Gasteiger partial charge < -0.3 is 14.3 Å². The van der Waals surface area contributed by atoms with Crippen molar-refractivity contribution in [2.24, 2.45) is 0 Å². The molecule has 0 bridgehead atoms. The van der Waals surface area contributed by atoms with E-state index in [1.807, 2.05) is 0 Å². The van der Waals surface area contributed by atoms with E-state index in [4.69, 9.17) is 9.79 Å². The smallest absolute Gasteiger partial charge is 0.239 e. The number of hydrogen-bond acceptors (Lipinski definition) is 4. The highest BCUT2D eigenvalue weighted by atomic mass is 32.9. The summed E-state index contributed by atoms with van der Waals surface area (Å²) in [5, 5.41) is 6.40. The summed E-state index contributed by atoms with van der Waals surface area (Å²) in [5.41, 5.74) is -3.11. The molecule has 1 aromatic rings. The van der Waals surface area contributed by atoms with E-state index in [1.165, 1.54) is 12.5 Å². The van der Waals surface area contributed by atoms with Crippen molar-refractivity contribution in [3.8, 4) is 0 Å². The Balaban J connectivity index is 0.000000162. The number of rotatable bonds is 0. The molecular formula is C2H5N2O3PS2. The van der Waals surface area contributed by atoms with E-state index in [-0.39, 0.29) is 0 Å². The van der Waals surface area contributed by atoms with Crippen LogP contribution < -0.4 is 0 Å². The van der Waals surface area contributed by atoms with Crippen molar-refractivity contribution in [3.63, 3.8) is 0 Å². The maximum Gasteiger partial charge on any atom is 0.239 e. The van der Waals surface area contributed by atoms with Gasteiger partial charge in [-0.05, 0) is 11.8 Å². The summed E-state index contributed by atoms with van der Waals surface area (Å²) in [6.45, 7) is 0. The first kappa shape index (κ1) is 10.1. The van der Waals surface area contributed by atoms with Crippen LogP contribution >= 0.6 is 17.9 Å². The predicted molar refractivity (Wildman–Crippen MR) is 42.0 cm³/mol. The zero-order valence-corrected chi connectivity index (χ0v) is 7.26. The largest absolute Gasteiger partial charge is 0.346 e. The first-order valence-electron chi connectivity index (χ1n) is 1.99. The van der Waals surface area contributed by atoms with Gasteiger partial charge in [0.1, 0.15) is 6.26 Å². The molecule has 0 amide bonds. The molecule has 8 heteroatoms. The second kappa shape index (κ2) is 4.81.